The summed E-state index contributed by atoms with van der Waals surface area (Å²) in [6, 6.07) is 2.35. The first kappa shape index (κ1) is 16.7. The molecule has 3 N–H and O–H groups in total. The van der Waals surface area contributed by atoms with Crippen LogP contribution in [-0.4, -0.2) is 35.6 Å². The largest absolute Gasteiger partial charge is 0.480 e. The van der Waals surface area contributed by atoms with Gasteiger partial charge in [0.1, 0.15) is 11.7 Å². The molecular weight excluding hydrogens is 326 g/mol. The molecule has 1 atom stereocenters. The van der Waals surface area contributed by atoms with Crippen LogP contribution in [0, 0.1) is 0 Å². The molecule has 0 aromatic carbocycles. The van der Waals surface area contributed by atoms with Crippen molar-refractivity contribution in [3.63, 3.8) is 0 Å². The van der Waals surface area contributed by atoms with E-state index in [0.717, 1.165) is 4.57 Å². The molecule has 0 bridgehead atoms. The molecule has 0 aliphatic carbocycles. The summed E-state index contributed by atoms with van der Waals surface area (Å²) in [6.07, 6.45) is 4.82. The van der Waals surface area contributed by atoms with Crippen LogP contribution in [0.15, 0.2) is 40.3 Å². The number of aryl methyl sites for hydroxylation is 1. The quantitative estimate of drug-likeness (QED) is 0.649. The van der Waals surface area contributed by atoms with Gasteiger partial charge in [-0.3, -0.25) is 14.2 Å². The predicted molar refractivity (Wildman–Crippen MR) is 90.4 cm³/mol. The topological polar surface area (TPSA) is 125 Å². The van der Waals surface area contributed by atoms with Crippen LogP contribution in [0.3, 0.4) is 0 Å². The number of hydrogen-bond acceptors (Lipinski definition) is 5. The highest BCUT2D eigenvalue weighted by Gasteiger charge is 2.18. The molecule has 0 saturated carbocycles. The molecule has 9 heteroatoms. The van der Waals surface area contributed by atoms with Gasteiger partial charge in [-0.1, -0.05) is 0 Å². The summed E-state index contributed by atoms with van der Waals surface area (Å²) in [5.41, 5.74) is 6.80. The minimum absolute atomic E-state index is 0.119. The number of aliphatic carboxylic acids is 1. The third kappa shape index (κ3) is 2.74. The zero-order chi connectivity index (χ0) is 18.3. The average Bonchev–Trinajstić information content (AvgIpc) is 3.07. The summed E-state index contributed by atoms with van der Waals surface area (Å²) in [6.45, 7) is 0. The van der Waals surface area contributed by atoms with Gasteiger partial charge < -0.3 is 19.8 Å². The van der Waals surface area contributed by atoms with Gasteiger partial charge in [0.25, 0.3) is 5.56 Å². The number of rotatable bonds is 4. The summed E-state index contributed by atoms with van der Waals surface area (Å²) in [7, 11) is 2.98. The van der Waals surface area contributed by atoms with Crippen molar-refractivity contribution in [3.8, 4) is 11.1 Å². The highest BCUT2D eigenvalue weighted by molar-refractivity contribution is 5.77. The predicted octanol–water partition coefficient (Wildman–Crippen LogP) is -0.647. The van der Waals surface area contributed by atoms with Gasteiger partial charge in [0, 0.05) is 50.4 Å². The van der Waals surface area contributed by atoms with E-state index in [-0.39, 0.29) is 6.42 Å². The number of carboxylic acids is 1. The van der Waals surface area contributed by atoms with Crippen molar-refractivity contribution < 1.29 is 9.90 Å². The average molecular weight is 343 g/mol. The Morgan fingerprint density at radius 2 is 2.00 bits per heavy atom. The third-order valence-electron chi connectivity index (χ3n) is 4.12. The lowest BCUT2D eigenvalue weighted by atomic mass is 10.1. The summed E-state index contributed by atoms with van der Waals surface area (Å²) in [5, 5.41) is 9.00. The second kappa shape index (κ2) is 6.02. The molecule has 0 fully saturated rings. The molecule has 9 nitrogen and oxygen atoms in total. The molecule has 0 amide bonds. The Hall–Kier alpha value is -3.20. The van der Waals surface area contributed by atoms with Gasteiger partial charge in [-0.2, -0.15) is 0 Å². The first-order valence-electron chi connectivity index (χ1n) is 7.51. The lowest BCUT2D eigenvalue weighted by Crippen LogP contribution is -2.37. The first-order chi connectivity index (χ1) is 11.8. The maximum atomic E-state index is 12.5. The number of aromatic nitrogens is 4. The van der Waals surface area contributed by atoms with Crippen LogP contribution in [0.1, 0.15) is 5.69 Å². The molecule has 130 valence electrons. The van der Waals surface area contributed by atoms with Gasteiger partial charge in [-0.05, 0) is 12.1 Å². The van der Waals surface area contributed by atoms with Crippen LogP contribution in [-0.2, 0) is 25.3 Å². The van der Waals surface area contributed by atoms with Crippen molar-refractivity contribution in [3.05, 3.63) is 57.3 Å². The molecule has 3 heterocycles. The number of hydrogen-bond donors (Lipinski definition) is 2. The van der Waals surface area contributed by atoms with Crippen molar-refractivity contribution >= 4 is 11.6 Å². The molecule has 0 aliphatic heterocycles. The van der Waals surface area contributed by atoms with Gasteiger partial charge in [0.2, 0.25) is 0 Å². The fraction of sp³-hybridized carbons (Fsp3) is 0.250. The van der Waals surface area contributed by atoms with E-state index < -0.39 is 23.3 Å². The Morgan fingerprint density at radius 1 is 1.28 bits per heavy atom. The molecule has 0 radical (unpaired) electrons. The number of nitrogens with zero attached hydrogens (tertiary/aromatic N) is 4. The van der Waals surface area contributed by atoms with E-state index in [1.54, 1.807) is 36.0 Å². The zero-order valence-corrected chi connectivity index (χ0v) is 13.7. The normalized spacial score (nSPS) is 12.4. The Balaban J connectivity index is 2.21. The van der Waals surface area contributed by atoms with Crippen molar-refractivity contribution in [2.24, 2.45) is 19.8 Å². The van der Waals surface area contributed by atoms with E-state index in [4.69, 9.17) is 10.8 Å². The smallest absolute Gasteiger partial charge is 0.330 e. The number of pyridine rings is 1. The molecule has 0 saturated heterocycles. The van der Waals surface area contributed by atoms with Crippen molar-refractivity contribution in [2.75, 3.05) is 0 Å². The summed E-state index contributed by atoms with van der Waals surface area (Å²) in [4.78, 5) is 39.6. The van der Waals surface area contributed by atoms with Gasteiger partial charge in [0.15, 0.2) is 0 Å². The maximum Gasteiger partial charge on any atom is 0.330 e. The van der Waals surface area contributed by atoms with E-state index in [0.29, 0.717) is 22.5 Å². The standard InChI is InChI=1S/C16H17N5O4/c1-19-8-11(14(22)20(2)16(19)25)10-4-3-9(7-12(17)15(23)24)21-6-5-18-13(10)21/h3-6,8,12H,7,17H2,1-2H3,(H,23,24)/t12-/m0/s1. The monoisotopic (exact) mass is 343 g/mol. The summed E-state index contributed by atoms with van der Waals surface area (Å²) < 4.78 is 4.05. The summed E-state index contributed by atoms with van der Waals surface area (Å²) in [5.74, 6) is -1.09. The van der Waals surface area contributed by atoms with E-state index in [1.165, 1.54) is 17.8 Å². The third-order valence-corrected chi connectivity index (χ3v) is 4.12. The molecular formula is C16H17N5O4. The molecule has 0 unspecified atom stereocenters. The van der Waals surface area contributed by atoms with Crippen LogP contribution in [0.4, 0.5) is 0 Å². The molecule has 3 aromatic heterocycles. The molecule has 3 aromatic rings. The second-order valence-corrected chi connectivity index (χ2v) is 5.81. The summed E-state index contributed by atoms with van der Waals surface area (Å²) >= 11 is 0. The highest BCUT2D eigenvalue weighted by Crippen LogP contribution is 2.22. The molecule has 3 rings (SSSR count). The molecule has 25 heavy (non-hydrogen) atoms. The van der Waals surface area contributed by atoms with Crippen LogP contribution < -0.4 is 17.0 Å². The minimum Gasteiger partial charge on any atom is -0.480 e. The van der Waals surface area contributed by atoms with Crippen molar-refractivity contribution in [2.45, 2.75) is 12.5 Å². The number of fused-ring (bicyclic) bond motifs is 1. The number of nitrogens with two attached hydrogens (primary N) is 1. The number of carbonyl (C=O) groups is 1. The van der Waals surface area contributed by atoms with Gasteiger partial charge >= 0.3 is 11.7 Å². The van der Waals surface area contributed by atoms with E-state index >= 15 is 0 Å². The second-order valence-electron chi connectivity index (χ2n) is 5.81. The fourth-order valence-corrected chi connectivity index (χ4v) is 2.75. The SMILES string of the molecule is Cn1cc(-c2ccc(C[C@H](N)C(=O)O)n3ccnc23)c(=O)n(C)c1=O. The van der Waals surface area contributed by atoms with Crippen LogP contribution in [0.2, 0.25) is 0 Å². The Labute approximate surface area is 141 Å². The van der Waals surface area contributed by atoms with Crippen LogP contribution in [0.25, 0.3) is 16.8 Å². The van der Waals surface area contributed by atoms with Crippen molar-refractivity contribution in [1.82, 2.24) is 18.5 Å². The van der Waals surface area contributed by atoms with E-state index in [2.05, 4.69) is 4.98 Å². The lowest BCUT2D eigenvalue weighted by molar-refractivity contribution is -0.138. The maximum absolute atomic E-state index is 12.5. The van der Waals surface area contributed by atoms with Gasteiger partial charge in [-0.15, -0.1) is 0 Å². The first-order valence-corrected chi connectivity index (χ1v) is 7.51. The van der Waals surface area contributed by atoms with E-state index in [9.17, 15) is 14.4 Å². The Bertz CT molecular complexity index is 1090. The van der Waals surface area contributed by atoms with Crippen LogP contribution in [0.5, 0.6) is 0 Å². The molecule has 0 aliphatic rings. The molecule has 0 spiro atoms. The highest BCUT2D eigenvalue weighted by atomic mass is 16.4. The lowest BCUT2D eigenvalue weighted by Gasteiger charge is -2.12. The Kier molecular flexibility index (Phi) is 4.01. The zero-order valence-electron chi connectivity index (χ0n) is 13.7. The number of carboxylic acid groups (broad SMARTS) is 1. The fourth-order valence-electron chi connectivity index (χ4n) is 2.75. The van der Waals surface area contributed by atoms with Crippen LogP contribution >= 0.6 is 0 Å². The Morgan fingerprint density at radius 3 is 2.68 bits per heavy atom. The number of imidazole rings is 1. The van der Waals surface area contributed by atoms with Gasteiger partial charge in [0.05, 0.1) is 5.56 Å². The van der Waals surface area contributed by atoms with Crippen molar-refractivity contribution in [1.29, 1.82) is 0 Å². The van der Waals surface area contributed by atoms with E-state index in [1.807, 2.05) is 0 Å². The minimum atomic E-state index is -1.09. The van der Waals surface area contributed by atoms with Gasteiger partial charge in [-0.25, -0.2) is 9.78 Å².